The number of rotatable bonds is 4. The van der Waals surface area contributed by atoms with Crippen LogP contribution in [0.15, 0.2) is 76.7 Å². The molecule has 0 radical (unpaired) electrons. The number of hydrogen-bond donors (Lipinski definition) is 0. The Kier molecular flexibility index (Phi) is 9.45. The SMILES string of the molecule is Cc1cc(C)c(-c2ccc3c(c2)-c2cc(-c4c(C)cc(C)cc4C)c[c]([Ti+2]([C]4=CC=CC4)=[C]4C5CC6CC(C5)CC4C6)c2C3)c(C)c1.[Cl-].[Cl-]. The molecule has 4 bridgehead atoms. The zero-order valence-corrected chi connectivity index (χ0v) is 33.0. The van der Waals surface area contributed by atoms with Crippen molar-refractivity contribution in [2.45, 2.75) is 86.5 Å². The Labute approximate surface area is 312 Å². The molecule has 10 rings (SSSR count). The van der Waals surface area contributed by atoms with E-state index in [0.717, 1.165) is 30.1 Å². The van der Waals surface area contributed by atoms with Gasteiger partial charge < -0.3 is 24.8 Å². The minimum atomic E-state index is -1.96. The Morgan fingerprint density at radius 1 is 0.592 bits per heavy atom. The van der Waals surface area contributed by atoms with Crippen LogP contribution in [0, 0.1) is 65.2 Å². The molecule has 6 aliphatic rings. The van der Waals surface area contributed by atoms with Crippen LogP contribution in [0.1, 0.15) is 83.0 Å². The molecule has 0 atom stereocenters. The molecule has 4 saturated carbocycles. The second-order valence-electron chi connectivity index (χ2n) is 16.1. The van der Waals surface area contributed by atoms with Crippen LogP contribution in [0.2, 0.25) is 0 Å². The smallest absolute Gasteiger partial charge is 1.00 e. The monoisotopic (exact) mass is 718 g/mol. The van der Waals surface area contributed by atoms with Crippen LogP contribution in [0.3, 0.4) is 0 Å². The van der Waals surface area contributed by atoms with Gasteiger partial charge in [0.25, 0.3) is 0 Å². The summed E-state index contributed by atoms with van der Waals surface area (Å²) in [4.78, 5) is 0. The maximum Gasteiger partial charge on any atom is -1.00 e. The van der Waals surface area contributed by atoms with Crippen LogP contribution in [-0.2, 0) is 23.8 Å². The molecule has 6 aliphatic carbocycles. The van der Waals surface area contributed by atoms with Crippen LogP contribution in [-0.4, -0.2) is 3.81 Å². The van der Waals surface area contributed by atoms with Crippen LogP contribution in [0.5, 0.6) is 0 Å². The molecule has 0 aromatic heterocycles. The standard InChI is InChI=1S/C31H29.C10H14.C5H5.2ClH.Ti/c1-18-11-20(3)30(21(4)12-18)26-9-7-24-15-25-8-10-27(17-29(25)28(24)16-26)31-22(5)13-19(2)14-23(31)6;1-7-2-9-4-8(1)5-10(3-7)6-9;1-2-4-5-3-1;;;/h7,9-14,16-17H,15H2,1-6H3;7-10H,1-5H2;1-3H,4H2;2*1H;/q;;;;;+2/p-2. The molecule has 250 valence electrons. The molecule has 4 fully saturated rings. The molecule has 4 aromatic carbocycles. The number of halogens is 2. The van der Waals surface area contributed by atoms with E-state index in [9.17, 15) is 0 Å². The molecule has 0 heterocycles. The molecule has 0 spiro atoms. The third-order valence-corrected chi connectivity index (χ3v) is 17.9. The molecular formula is C46H48Cl2Ti. The summed E-state index contributed by atoms with van der Waals surface area (Å²) in [6.45, 7) is 13.7. The number of benzene rings is 4. The van der Waals surface area contributed by atoms with E-state index in [4.69, 9.17) is 0 Å². The van der Waals surface area contributed by atoms with Crippen molar-refractivity contribution in [3.05, 3.63) is 121 Å². The van der Waals surface area contributed by atoms with Gasteiger partial charge in [-0.2, -0.15) is 0 Å². The summed E-state index contributed by atoms with van der Waals surface area (Å²) in [6, 6.07) is 22.3. The van der Waals surface area contributed by atoms with E-state index in [1.54, 1.807) is 9.43 Å². The van der Waals surface area contributed by atoms with E-state index < -0.39 is 17.4 Å². The zero-order valence-electron chi connectivity index (χ0n) is 29.9. The predicted molar refractivity (Wildman–Crippen MR) is 198 cm³/mol. The first-order valence-electron chi connectivity index (χ1n) is 18.3. The third-order valence-electron chi connectivity index (χ3n) is 12.6. The maximum absolute atomic E-state index is 2.75. The van der Waals surface area contributed by atoms with Crippen molar-refractivity contribution in [3.8, 4) is 33.4 Å². The Bertz CT molecular complexity index is 2030. The van der Waals surface area contributed by atoms with Crippen molar-refractivity contribution in [1.82, 2.24) is 0 Å². The summed E-state index contributed by atoms with van der Waals surface area (Å²) >= 11 is -1.96. The topological polar surface area (TPSA) is 0 Å². The summed E-state index contributed by atoms with van der Waals surface area (Å²) < 4.78 is 5.69. The summed E-state index contributed by atoms with van der Waals surface area (Å²) in [5.41, 5.74) is 20.2. The number of allylic oxidation sites excluding steroid dienone is 4. The van der Waals surface area contributed by atoms with Gasteiger partial charge in [0.05, 0.1) is 0 Å². The normalized spacial score (nSPS) is 22.2. The molecule has 0 N–H and O–H groups in total. The van der Waals surface area contributed by atoms with Crippen LogP contribution in [0.25, 0.3) is 33.4 Å². The fourth-order valence-corrected chi connectivity index (χ4v) is 17.1. The average molecular weight is 720 g/mol. The Morgan fingerprint density at radius 3 is 1.69 bits per heavy atom. The molecule has 3 heteroatoms. The average Bonchev–Trinajstić information content (AvgIpc) is 3.66. The fourth-order valence-electron chi connectivity index (χ4n) is 11.3. The quantitative estimate of drug-likeness (QED) is 0.225. The molecule has 0 aliphatic heterocycles. The van der Waals surface area contributed by atoms with Gasteiger partial charge in [-0.05, 0) is 0 Å². The van der Waals surface area contributed by atoms with Gasteiger partial charge in [-0.25, -0.2) is 0 Å². The van der Waals surface area contributed by atoms with Gasteiger partial charge in [0.1, 0.15) is 0 Å². The number of aryl methyl sites for hydroxylation is 6. The Balaban J connectivity index is 0.00000189. The molecule has 4 aromatic rings. The number of fused-ring (bicyclic) bond motifs is 3. The Hall–Kier alpha value is -2.48. The van der Waals surface area contributed by atoms with E-state index in [1.165, 1.54) is 111 Å². The summed E-state index contributed by atoms with van der Waals surface area (Å²) in [6.07, 6.45) is 17.1. The minimum Gasteiger partial charge on any atom is -1.00 e. The predicted octanol–water partition coefficient (Wildman–Crippen LogP) is 5.17. The molecule has 49 heavy (non-hydrogen) atoms. The van der Waals surface area contributed by atoms with Crippen molar-refractivity contribution < 1.29 is 42.2 Å². The first-order chi connectivity index (χ1) is 22.7. The van der Waals surface area contributed by atoms with E-state index in [-0.39, 0.29) is 24.8 Å². The van der Waals surface area contributed by atoms with Gasteiger partial charge in [0.15, 0.2) is 0 Å². The minimum absolute atomic E-state index is 0. The molecule has 0 nitrogen and oxygen atoms in total. The van der Waals surface area contributed by atoms with E-state index in [0.29, 0.717) is 0 Å². The van der Waals surface area contributed by atoms with Crippen LogP contribution >= 0.6 is 0 Å². The molecule has 0 amide bonds. The van der Waals surface area contributed by atoms with Crippen molar-refractivity contribution in [2.24, 2.45) is 23.7 Å². The summed E-state index contributed by atoms with van der Waals surface area (Å²) in [5, 5.41) is 0. The molecule has 0 unspecified atom stereocenters. The largest absolute Gasteiger partial charge is 1.00 e. The van der Waals surface area contributed by atoms with Gasteiger partial charge in [0.2, 0.25) is 0 Å². The van der Waals surface area contributed by atoms with Gasteiger partial charge in [-0.1, -0.05) is 0 Å². The Morgan fingerprint density at radius 2 is 1.14 bits per heavy atom. The molecular weight excluding hydrogens is 671 g/mol. The first kappa shape index (κ1) is 34.9. The van der Waals surface area contributed by atoms with Crippen molar-refractivity contribution in [3.63, 3.8) is 0 Å². The van der Waals surface area contributed by atoms with Crippen LogP contribution in [0.4, 0.5) is 0 Å². The van der Waals surface area contributed by atoms with Gasteiger partial charge >= 0.3 is 290 Å². The maximum atomic E-state index is 2.75. The van der Waals surface area contributed by atoms with Crippen LogP contribution < -0.4 is 28.7 Å². The van der Waals surface area contributed by atoms with E-state index in [1.807, 2.05) is 3.88 Å². The second kappa shape index (κ2) is 13.3. The number of hydrogen-bond acceptors (Lipinski definition) is 0. The van der Waals surface area contributed by atoms with E-state index in [2.05, 4.69) is 118 Å². The summed E-state index contributed by atoms with van der Waals surface area (Å²) in [7, 11) is 0. The van der Waals surface area contributed by atoms with Crippen molar-refractivity contribution in [1.29, 1.82) is 0 Å². The van der Waals surface area contributed by atoms with Crippen molar-refractivity contribution >= 4 is 7.68 Å². The first-order valence-corrected chi connectivity index (χ1v) is 20.6. The van der Waals surface area contributed by atoms with Gasteiger partial charge in [0, 0.05) is 0 Å². The molecule has 0 saturated heterocycles. The van der Waals surface area contributed by atoms with Crippen molar-refractivity contribution in [2.75, 3.05) is 0 Å². The zero-order chi connectivity index (χ0) is 32.1. The van der Waals surface area contributed by atoms with Gasteiger partial charge in [-0.3, -0.25) is 0 Å². The second-order valence-corrected chi connectivity index (χ2v) is 20.0. The third kappa shape index (κ3) is 5.84. The summed E-state index contributed by atoms with van der Waals surface area (Å²) in [5.74, 6) is 3.77. The fraction of sp³-hybridized carbons (Fsp3) is 0.370. The van der Waals surface area contributed by atoms with Gasteiger partial charge in [-0.15, -0.1) is 0 Å². The van der Waals surface area contributed by atoms with E-state index >= 15 is 0 Å².